The number of rotatable bonds is 7. The number of ketones is 1. The van der Waals surface area contributed by atoms with E-state index in [1.54, 1.807) is 24.3 Å². The van der Waals surface area contributed by atoms with Gasteiger partial charge in [0.2, 0.25) is 5.78 Å². The highest BCUT2D eigenvalue weighted by atomic mass is 32.2. The van der Waals surface area contributed by atoms with Crippen LogP contribution in [0.2, 0.25) is 0 Å². The quantitative estimate of drug-likeness (QED) is 0.556. The van der Waals surface area contributed by atoms with Crippen molar-refractivity contribution in [1.82, 2.24) is 0 Å². The molecule has 0 amide bonds. The fourth-order valence-corrected chi connectivity index (χ4v) is 3.31. The lowest BCUT2D eigenvalue weighted by Crippen LogP contribution is -2.17. The lowest BCUT2D eigenvalue weighted by atomic mass is 10.1. The normalized spacial score (nSPS) is 11.0. The van der Waals surface area contributed by atoms with Crippen LogP contribution in [0, 0.1) is 0 Å². The molecule has 0 aliphatic heterocycles. The second kappa shape index (κ2) is 7.94. The third-order valence-corrected chi connectivity index (χ3v) is 5.35. The number of hydrogen-bond donors (Lipinski definition) is 0. The molecule has 7 heteroatoms. The first-order chi connectivity index (χ1) is 11.9. The summed E-state index contributed by atoms with van der Waals surface area (Å²) in [5, 5.41) is 0. The second-order valence-corrected chi connectivity index (χ2v) is 7.35. The molecule has 0 radical (unpaired) electrons. The maximum absolute atomic E-state index is 12.2. The molecule has 0 spiro atoms. The lowest BCUT2D eigenvalue weighted by molar-refractivity contribution is 0.0470. The summed E-state index contributed by atoms with van der Waals surface area (Å²) < 4.78 is 34.3. The van der Waals surface area contributed by atoms with E-state index in [0.717, 1.165) is 0 Å². The van der Waals surface area contributed by atoms with Crippen molar-refractivity contribution in [2.24, 2.45) is 0 Å². The third-order valence-electron chi connectivity index (χ3n) is 3.56. The van der Waals surface area contributed by atoms with Crippen LogP contribution in [0.25, 0.3) is 0 Å². The van der Waals surface area contributed by atoms with Crippen molar-refractivity contribution in [3.8, 4) is 5.75 Å². The number of sulfone groups is 1. The Morgan fingerprint density at radius 3 is 2.20 bits per heavy atom. The number of hydrogen-bond acceptors (Lipinski definition) is 6. The van der Waals surface area contributed by atoms with Gasteiger partial charge in [-0.3, -0.25) is 4.79 Å². The van der Waals surface area contributed by atoms with E-state index in [0.29, 0.717) is 5.75 Å². The van der Waals surface area contributed by atoms with E-state index in [9.17, 15) is 18.0 Å². The predicted molar refractivity (Wildman–Crippen MR) is 91.8 cm³/mol. The monoisotopic (exact) mass is 362 g/mol. The van der Waals surface area contributed by atoms with E-state index in [1.165, 1.54) is 38.3 Å². The van der Waals surface area contributed by atoms with Gasteiger partial charge in [-0.15, -0.1) is 0 Å². The highest BCUT2D eigenvalue weighted by molar-refractivity contribution is 7.91. The molecule has 0 bridgehead atoms. The van der Waals surface area contributed by atoms with Gasteiger partial charge < -0.3 is 9.47 Å². The number of ether oxygens (including phenoxy) is 2. The van der Waals surface area contributed by atoms with Gasteiger partial charge in [0.15, 0.2) is 16.4 Å². The van der Waals surface area contributed by atoms with Gasteiger partial charge in [0.1, 0.15) is 5.75 Å². The van der Waals surface area contributed by atoms with Crippen molar-refractivity contribution in [2.45, 2.75) is 11.8 Å². The Kier molecular flexibility index (Phi) is 5.93. The molecule has 2 aromatic carbocycles. The summed E-state index contributed by atoms with van der Waals surface area (Å²) in [6.45, 7) is 0.975. The molecule has 0 unspecified atom stereocenters. The summed E-state index contributed by atoms with van der Waals surface area (Å²) >= 11 is 0. The zero-order valence-corrected chi connectivity index (χ0v) is 14.7. The first-order valence-corrected chi connectivity index (χ1v) is 9.21. The Morgan fingerprint density at radius 2 is 1.56 bits per heavy atom. The van der Waals surface area contributed by atoms with Gasteiger partial charge in [0.05, 0.1) is 28.9 Å². The highest BCUT2D eigenvalue weighted by Gasteiger charge is 2.22. The highest BCUT2D eigenvalue weighted by Crippen LogP contribution is 2.20. The van der Waals surface area contributed by atoms with E-state index < -0.39 is 28.2 Å². The molecule has 0 saturated heterocycles. The fraction of sp³-hybridized carbons (Fsp3) is 0.222. The molecule has 132 valence electrons. The summed E-state index contributed by atoms with van der Waals surface area (Å²) in [4.78, 5) is 24.4. The number of carbonyl (C=O) groups excluding carboxylic acids is 2. The van der Waals surface area contributed by atoms with E-state index in [4.69, 9.17) is 9.47 Å². The smallest absolute Gasteiger partial charge is 0.339 e. The van der Waals surface area contributed by atoms with Crippen LogP contribution in [0.3, 0.4) is 0 Å². The zero-order chi connectivity index (χ0) is 18.4. The summed E-state index contributed by atoms with van der Waals surface area (Å²) in [6.07, 6.45) is 0. The number of Topliss-reactive ketones (excluding diaryl/α,β-unsaturated/α-hetero) is 1. The summed E-state index contributed by atoms with van der Waals surface area (Å²) in [7, 11) is -2.15. The van der Waals surface area contributed by atoms with Crippen molar-refractivity contribution < 1.29 is 27.5 Å². The number of carbonyl (C=O) groups is 2. The van der Waals surface area contributed by atoms with E-state index in [-0.39, 0.29) is 21.8 Å². The topological polar surface area (TPSA) is 86.7 Å². The van der Waals surface area contributed by atoms with E-state index in [2.05, 4.69) is 0 Å². The van der Waals surface area contributed by atoms with Crippen molar-refractivity contribution in [2.75, 3.05) is 19.5 Å². The molecule has 6 nitrogen and oxygen atoms in total. The molecule has 0 atom stereocenters. The molecule has 0 fully saturated rings. The maximum atomic E-state index is 12.2. The van der Waals surface area contributed by atoms with Crippen LogP contribution in [0.15, 0.2) is 53.4 Å². The summed E-state index contributed by atoms with van der Waals surface area (Å²) in [5.41, 5.74) is 0.199. The minimum absolute atomic E-state index is 0.0859. The van der Waals surface area contributed by atoms with E-state index >= 15 is 0 Å². The van der Waals surface area contributed by atoms with E-state index in [1.807, 2.05) is 0 Å². The number of methoxy groups -OCH3 is 1. The Labute approximate surface area is 146 Å². The van der Waals surface area contributed by atoms with Crippen LogP contribution >= 0.6 is 0 Å². The van der Waals surface area contributed by atoms with Crippen molar-refractivity contribution in [3.05, 3.63) is 59.7 Å². The van der Waals surface area contributed by atoms with Crippen molar-refractivity contribution in [1.29, 1.82) is 0 Å². The van der Waals surface area contributed by atoms with Gasteiger partial charge in [-0.05, 0) is 24.3 Å². The number of para-hydroxylation sites is 1. The molecule has 0 aliphatic rings. The molecule has 0 heterocycles. The molecule has 0 aromatic heterocycles. The van der Waals surface area contributed by atoms with Gasteiger partial charge in [-0.1, -0.05) is 31.2 Å². The fourth-order valence-electron chi connectivity index (χ4n) is 2.22. The van der Waals surface area contributed by atoms with Crippen LogP contribution in [0.4, 0.5) is 0 Å². The first-order valence-electron chi connectivity index (χ1n) is 7.55. The van der Waals surface area contributed by atoms with Gasteiger partial charge in [0, 0.05) is 0 Å². The molecule has 2 rings (SSSR count). The van der Waals surface area contributed by atoms with Gasteiger partial charge in [-0.2, -0.15) is 0 Å². The van der Waals surface area contributed by atoms with Gasteiger partial charge >= 0.3 is 5.97 Å². The molecule has 25 heavy (non-hydrogen) atoms. The minimum atomic E-state index is -3.58. The van der Waals surface area contributed by atoms with Crippen LogP contribution in [0.1, 0.15) is 27.6 Å². The molecular weight excluding hydrogens is 344 g/mol. The first kappa shape index (κ1) is 18.7. The standard InChI is InChI=1S/C18H18O6S/c1-3-25(21,22)17-11-7-5-9-14(17)18(20)24-12-15(19)13-8-4-6-10-16(13)23-2/h4-11H,3,12H2,1-2H3. The number of benzene rings is 2. The van der Waals surface area contributed by atoms with Crippen molar-refractivity contribution >= 4 is 21.6 Å². The predicted octanol–water partition coefficient (Wildman–Crippen LogP) is 2.53. The zero-order valence-electron chi connectivity index (χ0n) is 13.9. The average molecular weight is 362 g/mol. The molecule has 0 saturated carbocycles. The minimum Gasteiger partial charge on any atom is -0.496 e. The maximum Gasteiger partial charge on any atom is 0.339 e. The lowest BCUT2D eigenvalue weighted by Gasteiger charge is -2.10. The largest absolute Gasteiger partial charge is 0.496 e. The van der Waals surface area contributed by atoms with Crippen LogP contribution in [-0.4, -0.2) is 39.6 Å². The van der Waals surface area contributed by atoms with Crippen LogP contribution in [0.5, 0.6) is 5.75 Å². The summed E-state index contributed by atoms with van der Waals surface area (Å²) in [6, 6.07) is 12.3. The molecule has 0 N–H and O–H groups in total. The average Bonchev–Trinajstić information content (AvgIpc) is 2.65. The molecular formula is C18H18O6S. The molecule has 0 aliphatic carbocycles. The Hall–Kier alpha value is -2.67. The Bertz CT molecular complexity index is 886. The van der Waals surface area contributed by atoms with Crippen LogP contribution in [-0.2, 0) is 14.6 Å². The Morgan fingerprint density at radius 1 is 0.960 bits per heavy atom. The molecule has 2 aromatic rings. The van der Waals surface area contributed by atoms with Crippen LogP contribution < -0.4 is 4.74 Å². The van der Waals surface area contributed by atoms with Gasteiger partial charge in [0.25, 0.3) is 0 Å². The van der Waals surface area contributed by atoms with Crippen molar-refractivity contribution in [3.63, 3.8) is 0 Å². The SMILES string of the molecule is CCS(=O)(=O)c1ccccc1C(=O)OCC(=O)c1ccccc1OC. The Balaban J connectivity index is 2.18. The summed E-state index contributed by atoms with van der Waals surface area (Å²) in [5.74, 6) is -1.08. The number of esters is 1. The second-order valence-electron chi connectivity index (χ2n) is 5.10. The van der Waals surface area contributed by atoms with Gasteiger partial charge in [-0.25, -0.2) is 13.2 Å². The third kappa shape index (κ3) is 4.24.